The molecule has 0 radical (unpaired) electrons. The standard InChI is InChI=1S/C20H24FN3O5S/c1-14(20(26)24(3)12-13-29-19-7-5-4-6-18(19)21)23-30(27,28)17-10-8-16(9-11-17)22-15(2)25/h4-11,14,23H,12-13H2,1-3H3,(H,22,25)/t14-/m0/s1. The molecular formula is C20H24FN3O5S. The monoisotopic (exact) mass is 437 g/mol. The van der Waals surface area contributed by atoms with Crippen LogP contribution in [0.2, 0.25) is 0 Å². The minimum atomic E-state index is -3.94. The second-order valence-corrected chi connectivity index (χ2v) is 8.30. The van der Waals surface area contributed by atoms with E-state index in [1.165, 1.54) is 62.2 Å². The maximum absolute atomic E-state index is 13.5. The van der Waals surface area contributed by atoms with Gasteiger partial charge in [0, 0.05) is 19.7 Å². The number of nitrogens with zero attached hydrogens (tertiary/aromatic N) is 1. The highest BCUT2D eigenvalue weighted by atomic mass is 32.2. The molecule has 0 spiro atoms. The van der Waals surface area contributed by atoms with Gasteiger partial charge in [0.25, 0.3) is 0 Å². The average Bonchev–Trinajstić information content (AvgIpc) is 2.68. The van der Waals surface area contributed by atoms with Gasteiger partial charge in [-0.25, -0.2) is 12.8 Å². The van der Waals surface area contributed by atoms with Crippen LogP contribution in [0.5, 0.6) is 5.75 Å². The molecule has 0 saturated carbocycles. The van der Waals surface area contributed by atoms with Crippen molar-refractivity contribution in [2.45, 2.75) is 24.8 Å². The molecule has 0 aromatic heterocycles. The normalized spacial score (nSPS) is 12.1. The Hall–Kier alpha value is -2.98. The molecule has 0 bridgehead atoms. The van der Waals surface area contributed by atoms with Crippen molar-refractivity contribution in [3.8, 4) is 5.75 Å². The first-order valence-corrected chi connectivity index (χ1v) is 10.6. The zero-order chi connectivity index (χ0) is 22.3. The maximum atomic E-state index is 13.5. The summed E-state index contributed by atoms with van der Waals surface area (Å²) in [7, 11) is -2.44. The molecule has 0 heterocycles. The van der Waals surface area contributed by atoms with E-state index in [1.807, 2.05) is 0 Å². The fourth-order valence-electron chi connectivity index (χ4n) is 2.57. The molecule has 2 aromatic carbocycles. The molecule has 2 aromatic rings. The van der Waals surface area contributed by atoms with E-state index in [9.17, 15) is 22.4 Å². The van der Waals surface area contributed by atoms with E-state index >= 15 is 0 Å². The summed E-state index contributed by atoms with van der Waals surface area (Å²) in [6, 6.07) is 10.5. The van der Waals surface area contributed by atoms with Crippen molar-refractivity contribution in [3.63, 3.8) is 0 Å². The highest BCUT2D eigenvalue weighted by molar-refractivity contribution is 7.89. The van der Waals surface area contributed by atoms with E-state index in [2.05, 4.69) is 10.0 Å². The summed E-state index contributed by atoms with van der Waals surface area (Å²) in [5.41, 5.74) is 0.458. The predicted octanol–water partition coefficient (Wildman–Crippen LogP) is 1.99. The van der Waals surface area contributed by atoms with Crippen LogP contribution in [0.4, 0.5) is 10.1 Å². The number of carbonyl (C=O) groups excluding carboxylic acids is 2. The highest BCUT2D eigenvalue weighted by Crippen LogP contribution is 2.16. The first-order chi connectivity index (χ1) is 14.1. The molecule has 0 aliphatic heterocycles. The van der Waals surface area contributed by atoms with Crippen LogP contribution in [0, 0.1) is 5.82 Å². The number of nitrogens with one attached hydrogen (secondary N) is 2. The molecule has 30 heavy (non-hydrogen) atoms. The lowest BCUT2D eigenvalue weighted by molar-refractivity contribution is -0.131. The topological polar surface area (TPSA) is 105 Å². The van der Waals surface area contributed by atoms with Crippen molar-refractivity contribution in [1.82, 2.24) is 9.62 Å². The molecule has 8 nitrogen and oxygen atoms in total. The minimum Gasteiger partial charge on any atom is -0.489 e. The first kappa shape index (κ1) is 23.3. The summed E-state index contributed by atoms with van der Waals surface area (Å²) in [6.45, 7) is 2.97. The van der Waals surface area contributed by atoms with Crippen LogP contribution >= 0.6 is 0 Å². The third kappa shape index (κ3) is 6.53. The second-order valence-electron chi connectivity index (χ2n) is 6.59. The largest absolute Gasteiger partial charge is 0.489 e. The SMILES string of the molecule is CC(=O)Nc1ccc(S(=O)(=O)N[C@@H](C)C(=O)N(C)CCOc2ccccc2F)cc1. The van der Waals surface area contributed by atoms with E-state index < -0.39 is 27.8 Å². The maximum Gasteiger partial charge on any atom is 0.241 e. The molecule has 1 atom stereocenters. The summed E-state index contributed by atoms with van der Waals surface area (Å²) < 4.78 is 46.2. The Kier molecular flexibility index (Phi) is 7.90. The summed E-state index contributed by atoms with van der Waals surface area (Å²) in [5, 5.41) is 2.54. The van der Waals surface area contributed by atoms with Crippen LogP contribution in [0.1, 0.15) is 13.8 Å². The number of halogens is 1. The Morgan fingerprint density at radius 1 is 1.13 bits per heavy atom. The average molecular weight is 437 g/mol. The number of carbonyl (C=O) groups is 2. The van der Waals surface area contributed by atoms with Crippen molar-refractivity contribution < 1.29 is 27.1 Å². The highest BCUT2D eigenvalue weighted by Gasteiger charge is 2.24. The van der Waals surface area contributed by atoms with E-state index in [0.29, 0.717) is 5.69 Å². The van der Waals surface area contributed by atoms with Gasteiger partial charge < -0.3 is 15.0 Å². The van der Waals surface area contributed by atoms with Crippen molar-refractivity contribution in [3.05, 3.63) is 54.3 Å². The molecular weight excluding hydrogens is 413 g/mol. The number of rotatable bonds is 9. The number of amides is 2. The van der Waals surface area contributed by atoms with Crippen LogP contribution in [0.3, 0.4) is 0 Å². The number of para-hydroxylation sites is 1. The molecule has 0 aliphatic carbocycles. The third-order valence-corrected chi connectivity index (χ3v) is 5.64. The van der Waals surface area contributed by atoms with Gasteiger partial charge in [-0.3, -0.25) is 9.59 Å². The van der Waals surface area contributed by atoms with Gasteiger partial charge in [0.1, 0.15) is 6.61 Å². The Morgan fingerprint density at radius 3 is 2.37 bits per heavy atom. The fourth-order valence-corrected chi connectivity index (χ4v) is 3.76. The zero-order valence-corrected chi connectivity index (χ0v) is 17.7. The second kappa shape index (κ2) is 10.2. The summed E-state index contributed by atoms with van der Waals surface area (Å²) in [6.07, 6.45) is 0. The molecule has 2 amide bonds. The number of hydrogen-bond donors (Lipinski definition) is 2. The molecule has 2 N–H and O–H groups in total. The van der Waals surface area contributed by atoms with E-state index in [4.69, 9.17) is 4.74 Å². The van der Waals surface area contributed by atoms with Gasteiger partial charge in [-0.1, -0.05) is 12.1 Å². The Morgan fingerprint density at radius 2 is 1.77 bits per heavy atom. The molecule has 0 fully saturated rings. The first-order valence-electron chi connectivity index (χ1n) is 9.12. The Labute approximate surface area is 175 Å². The predicted molar refractivity (Wildman–Crippen MR) is 110 cm³/mol. The van der Waals surface area contributed by atoms with Crippen LogP contribution in [-0.2, 0) is 19.6 Å². The van der Waals surface area contributed by atoms with Crippen LogP contribution in [0.25, 0.3) is 0 Å². The summed E-state index contributed by atoms with van der Waals surface area (Å²) in [4.78, 5) is 24.8. The van der Waals surface area contributed by atoms with Crippen molar-refractivity contribution in [2.75, 3.05) is 25.5 Å². The van der Waals surface area contributed by atoms with E-state index in [1.54, 1.807) is 12.1 Å². The Bertz CT molecular complexity index is 996. The quantitative estimate of drug-likeness (QED) is 0.624. The van der Waals surface area contributed by atoms with Crippen LogP contribution in [-0.4, -0.2) is 51.4 Å². The fraction of sp³-hybridized carbons (Fsp3) is 0.300. The van der Waals surface area contributed by atoms with Crippen LogP contribution in [0.15, 0.2) is 53.4 Å². The van der Waals surface area contributed by atoms with E-state index in [-0.39, 0.29) is 29.7 Å². The lowest BCUT2D eigenvalue weighted by atomic mass is 10.3. The van der Waals surface area contributed by atoms with Gasteiger partial charge in [0.15, 0.2) is 11.6 Å². The van der Waals surface area contributed by atoms with Crippen LogP contribution < -0.4 is 14.8 Å². The molecule has 10 heteroatoms. The number of hydrogen-bond acceptors (Lipinski definition) is 5. The van der Waals surface area contributed by atoms with Gasteiger partial charge in [0.05, 0.1) is 17.5 Å². The van der Waals surface area contributed by atoms with Crippen molar-refractivity contribution in [2.24, 2.45) is 0 Å². The molecule has 162 valence electrons. The lowest BCUT2D eigenvalue weighted by Gasteiger charge is -2.22. The summed E-state index contributed by atoms with van der Waals surface area (Å²) in [5.74, 6) is -1.16. The molecule has 2 rings (SSSR count). The number of anilines is 1. The smallest absolute Gasteiger partial charge is 0.241 e. The van der Waals surface area contributed by atoms with Gasteiger partial charge in [-0.15, -0.1) is 0 Å². The Balaban J connectivity index is 1.91. The third-order valence-electron chi connectivity index (χ3n) is 4.08. The van der Waals surface area contributed by atoms with Gasteiger partial charge in [0.2, 0.25) is 21.8 Å². The van der Waals surface area contributed by atoms with Gasteiger partial charge >= 0.3 is 0 Å². The molecule has 0 aliphatic rings. The van der Waals surface area contributed by atoms with Gasteiger partial charge in [-0.05, 0) is 43.3 Å². The van der Waals surface area contributed by atoms with Crippen molar-refractivity contribution in [1.29, 1.82) is 0 Å². The van der Waals surface area contributed by atoms with E-state index in [0.717, 1.165) is 0 Å². The number of ether oxygens (including phenoxy) is 1. The number of benzene rings is 2. The van der Waals surface area contributed by atoms with Crippen molar-refractivity contribution >= 4 is 27.5 Å². The lowest BCUT2D eigenvalue weighted by Crippen LogP contribution is -2.46. The summed E-state index contributed by atoms with van der Waals surface area (Å²) >= 11 is 0. The number of likely N-dealkylation sites (N-methyl/N-ethyl adjacent to an activating group) is 1. The molecule has 0 saturated heterocycles. The van der Waals surface area contributed by atoms with Gasteiger partial charge in [-0.2, -0.15) is 4.72 Å². The minimum absolute atomic E-state index is 0.0400. The number of sulfonamides is 1. The zero-order valence-electron chi connectivity index (χ0n) is 16.9. The molecule has 0 unspecified atom stereocenters.